The molecule has 0 saturated carbocycles. The summed E-state index contributed by atoms with van der Waals surface area (Å²) in [5.74, 6) is -0.102. The van der Waals surface area contributed by atoms with E-state index in [1.807, 2.05) is 6.92 Å². The summed E-state index contributed by atoms with van der Waals surface area (Å²) in [7, 11) is 3.06. The van der Waals surface area contributed by atoms with Gasteiger partial charge in [-0.05, 0) is 25.1 Å². The summed E-state index contributed by atoms with van der Waals surface area (Å²) in [4.78, 5) is 10.8. The van der Waals surface area contributed by atoms with Crippen molar-refractivity contribution in [3.63, 3.8) is 0 Å². The third kappa shape index (κ3) is 3.64. The van der Waals surface area contributed by atoms with Crippen LogP contribution in [-0.2, 0) is 4.74 Å². The Morgan fingerprint density at radius 2 is 2.06 bits per heavy atom. The number of carboxylic acids is 1. The number of carbonyl (C=O) groups is 1. The summed E-state index contributed by atoms with van der Waals surface area (Å²) < 4.78 is 15.6. The first kappa shape index (κ1) is 13.3. The number of aromatic carboxylic acids is 1. The van der Waals surface area contributed by atoms with E-state index in [4.69, 9.17) is 19.3 Å². The van der Waals surface area contributed by atoms with Gasteiger partial charge in [0.25, 0.3) is 0 Å². The van der Waals surface area contributed by atoms with Gasteiger partial charge in [0.2, 0.25) is 0 Å². The van der Waals surface area contributed by atoms with E-state index < -0.39 is 5.97 Å². The molecular weight excluding hydrogens is 224 g/mol. The molecule has 5 nitrogen and oxygen atoms in total. The second-order valence-corrected chi connectivity index (χ2v) is 3.53. The van der Waals surface area contributed by atoms with Crippen molar-refractivity contribution in [3.8, 4) is 11.5 Å². The lowest BCUT2D eigenvalue weighted by atomic mass is 10.2. The number of benzene rings is 1. The molecule has 0 spiro atoms. The first-order chi connectivity index (χ1) is 8.08. The fraction of sp³-hybridized carbons (Fsp3) is 0.417. The van der Waals surface area contributed by atoms with Crippen LogP contribution in [0.25, 0.3) is 0 Å². The van der Waals surface area contributed by atoms with E-state index in [-0.39, 0.29) is 11.7 Å². The maximum atomic E-state index is 10.8. The van der Waals surface area contributed by atoms with Gasteiger partial charge < -0.3 is 19.3 Å². The van der Waals surface area contributed by atoms with Gasteiger partial charge in [-0.25, -0.2) is 4.79 Å². The van der Waals surface area contributed by atoms with Crippen molar-refractivity contribution in [2.75, 3.05) is 20.8 Å². The number of carboxylic acid groups (broad SMARTS) is 1. The molecule has 0 aliphatic heterocycles. The summed E-state index contributed by atoms with van der Waals surface area (Å²) >= 11 is 0. The molecular formula is C12H16O5. The Morgan fingerprint density at radius 1 is 1.35 bits per heavy atom. The van der Waals surface area contributed by atoms with Gasteiger partial charge in [0.15, 0.2) is 11.5 Å². The van der Waals surface area contributed by atoms with E-state index in [1.54, 1.807) is 13.2 Å². The van der Waals surface area contributed by atoms with Crippen LogP contribution >= 0.6 is 0 Å². The van der Waals surface area contributed by atoms with Gasteiger partial charge in [-0.2, -0.15) is 0 Å². The Balaban J connectivity index is 2.82. The third-order valence-electron chi connectivity index (χ3n) is 2.29. The molecule has 1 atom stereocenters. The van der Waals surface area contributed by atoms with Crippen molar-refractivity contribution in [2.24, 2.45) is 0 Å². The second-order valence-electron chi connectivity index (χ2n) is 3.53. The zero-order chi connectivity index (χ0) is 12.8. The lowest BCUT2D eigenvalue weighted by Gasteiger charge is -2.14. The predicted octanol–water partition coefficient (Wildman–Crippen LogP) is 1.81. The molecule has 1 rings (SSSR count). The molecule has 0 fully saturated rings. The Morgan fingerprint density at radius 3 is 2.59 bits per heavy atom. The summed E-state index contributed by atoms with van der Waals surface area (Å²) in [5.41, 5.74) is 0.161. The summed E-state index contributed by atoms with van der Waals surface area (Å²) in [6.07, 6.45) is -0.0427. The molecule has 0 aliphatic carbocycles. The molecule has 0 heterocycles. The standard InChI is InChI=1S/C12H16O5/c1-8(15-2)7-17-10-5-4-9(12(13)14)6-11(10)16-3/h4-6,8H,7H2,1-3H3,(H,13,14)/t8-/m1/s1. The zero-order valence-electron chi connectivity index (χ0n) is 10.1. The maximum Gasteiger partial charge on any atom is 0.335 e. The highest BCUT2D eigenvalue weighted by Gasteiger charge is 2.10. The van der Waals surface area contributed by atoms with Crippen molar-refractivity contribution in [3.05, 3.63) is 23.8 Å². The highest BCUT2D eigenvalue weighted by atomic mass is 16.5. The Labute approximate surface area is 99.9 Å². The SMILES string of the molecule is COc1cc(C(=O)O)ccc1OC[C@@H](C)OC. The summed E-state index contributed by atoms with van der Waals surface area (Å²) in [6.45, 7) is 2.25. The largest absolute Gasteiger partial charge is 0.493 e. The van der Waals surface area contributed by atoms with Crippen LogP contribution in [0.2, 0.25) is 0 Å². The van der Waals surface area contributed by atoms with E-state index in [0.717, 1.165) is 0 Å². The van der Waals surface area contributed by atoms with Crippen LogP contribution in [0.3, 0.4) is 0 Å². The quantitative estimate of drug-likeness (QED) is 0.821. The van der Waals surface area contributed by atoms with E-state index in [1.165, 1.54) is 19.2 Å². The lowest BCUT2D eigenvalue weighted by molar-refractivity contribution is 0.0688. The third-order valence-corrected chi connectivity index (χ3v) is 2.29. The van der Waals surface area contributed by atoms with E-state index in [0.29, 0.717) is 18.1 Å². The van der Waals surface area contributed by atoms with Crippen molar-refractivity contribution < 1.29 is 24.1 Å². The van der Waals surface area contributed by atoms with Crippen molar-refractivity contribution in [2.45, 2.75) is 13.0 Å². The molecule has 1 N–H and O–H groups in total. The van der Waals surface area contributed by atoms with Crippen molar-refractivity contribution in [1.29, 1.82) is 0 Å². The second kappa shape index (κ2) is 6.10. The van der Waals surface area contributed by atoms with E-state index in [9.17, 15) is 4.79 Å². The van der Waals surface area contributed by atoms with Crippen LogP contribution in [0.1, 0.15) is 17.3 Å². The van der Waals surface area contributed by atoms with E-state index >= 15 is 0 Å². The molecule has 94 valence electrons. The molecule has 0 bridgehead atoms. The van der Waals surface area contributed by atoms with Gasteiger partial charge >= 0.3 is 5.97 Å². The maximum absolute atomic E-state index is 10.8. The average Bonchev–Trinajstić information content (AvgIpc) is 2.35. The number of hydrogen-bond donors (Lipinski definition) is 1. The number of ether oxygens (including phenoxy) is 3. The summed E-state index contributed by atoms with van der Waals surface area (Å²) in [5, 5.41) is 8.84. The molecule has 0 unspecified atom stereocenters. The topological polar surface area (TPSA) is 65.0 Å². The minimum atomic E-state index is -1.000. The van der Waals surface area contributed by atoms with Crippen LogP contribution in [0.15, 0.2) is 18.2 Å². The van der Waals surface area contributed by atoms with Gasteiger partial charge in [0, 0.05) is 7.11 Å². The van der Waals surface area contributed by atoms with Crippen molar-refractivity contribution in [1.82, 2.24) is 0 Å². The minimum absolute atomic E-state index is 0.0427. The van der Waals surface area contributed by atoms with Gasteiger partial charge in [0.05, 0.1) is 18.8 Å². The fourth-order valence-electron chi connectivity index (χ4n) is 1.20. The average molecular weight is 240 g/mol. The molecule has 17 heavy (non-hydrogen) atoms. The summed E-state index contributed by atoms with van der Waals surface area (Å²) in [6, 6.07) is 4.47. The molecule has 0 amide bonds. The van der Waals surface area contributed by atoms with Gasteiger partial charge in [-0.15, -0.1) is 0 Å². The van der Waals surface area contributed by atoms with Crippen molar-refractivity contribution >= 4 is 5.97 Å². The minimum Gasteiger partial charge on any atom is -0.493 e. The number of methoxy groups -OCH3 is 2. The molecule has 1 aromatic rings. The molecule has 0 saturated heterocycles. The monoisotopic (exact) mass is 240 g/mol. The number of rotatable bonds is 6. The molecule has 5 heteroatoms. The van der Waals surface area contributed by atoms with Gasteiger partial charge in [-0.3, -0.25) is 0 Å². The predicted molar refractivity (Wildman–Crippen MR) is 61.9 cm³/mol. The zero-order valence-corrected chi connectivity index (χ0v) is 10.1. The Kier molecular flexibility index (Phi) is 4.78. The Hall–Kier alpha value is -1.75. The number of hydrogen-bond acceptors (Lipinski definition) is 4. The highest BCUT2D eigenvalue weighted by Crippen LogP contribution is 2.28. The first-order valence-corrected chi connectivity index (χ1v) is 5.15. The smallest absolute Gasteiger partial charge is 0.335 e. The molecule has 0 aromatic heterocycles. The van der Waals surface area contributed by atoms with E-state index in [2.05, 4.69) is 0 Å². The van der Waals surface area contributed by atoms with Crippen LogP contribution in [0.5, 0.6) is 11.5 Å². The van der Waals surface area contributed by atoms with Crippen LogP contribution in [0.4, 0.5) is 0 Å². The lowest BCUT2D eigenvalue weighted by Crippen LogP contribution is -2.16. The normalized spacial score (nSPS) is 11.9. The highest BCUT2D eigenvalue weighted by molar-refractivity contribution is 5.88. The fourth-order valence-corrected chi connectivity index (χ4v) is 1.20. The van der Waals surface area contributed by atoms with Crippen LogP contribution in [-0.4, -0.2) is 38.0 Å². The Bertz CT molecular complexity index is 388. The molecule has 1 aromatic carbocycles. The first-order valence-electron chi connectivity index (χ1n) is 5.15. The van der Waals surface area contributed by atoms with Crippen LogP contribution < -0.4 is 9.47 Å². The van der Waals surface area contributed by atoms with Gasteiger partial charge in [0.1, 0.15) is 6.61 Å². The van der Waals surface area contributed by atoms with Gasteiger partial charge in [-0.1, -0.05) is 0 Å². The molecule has 0 aliphatic rings. The molecule has 0 radical (unpaired) electrons. The van der Waals surface area contributed by atoms with Crippen LogP contribution in [0, 0.1) is 0 Å².